The summed E-state index contributed by atoms with van der Waals surface area (Å²) in [6.45, 7) is 4.64. The van der Waals surface area contributed by atoms with Gasteiger partial charge in [-0.2, -0.15) is 0 Å². The zero-order valence-electron chi connectivity index (χ0n) is 19.2. The number of thiophene rings is 1. The van der Waals surface area contributed by atoms with Crippen molar-refractivity contribution in [3.05, 3.63) is 70.6 Å². The van der Waals surface area contributed by atoms with Gasteiger partial charge in [0.1, 0.15) is 10.6 Å². The number of aromatic nitrogens is 3. The van der Waals surface area contributed by atoms with Crippen LogP contribution in [0.3, 0.4) is 0 Å². The van der Waals surface area contributed by atoms with E-state index in [2.05, 4.69) is 15.5 Å². The monoisotopic (exact) mass is 526 g/mol. The number of halogens is 1. The molecule has 4 aromatic rings. The van der Waals surface area contributed by atoms with Crippen LogP contribution in [0, 0.1) is 0 Å². The minimum atomic E-state index is -0.464. The summed E-state index contributed by atoms with van der Waals surface area (Å²) in [4.78, 5) is 25.6. The van der Waals surface area contributed by atoms with Crippen LogP contribution in [0.1, 0.15) is 24.2 Å². The number of carbonyl (C=O) groups is 2. The van der Waals surface area contributed by atoms with E-state index in [-0.39, 0.29) is 18.3 Å². The molecule has 0 bridgehead atoms. The van der Waals surface area contributed by atoms with Crippen LogP contribution >= 0.6 is 34.7 Å². The van der Waals surface area contributed by atoms with Crippen molar-refractivity contribution in [2.45, 2.75) is 25.5 Å². The van der Waals surface area contributed by atoms with Gasteiger partial charge >= 0.3 is 5.97 Å². The van der Waals surface area contributed by atoms with Crippen molar-refractivity contribution in [3.8, 4) is 22.5 Å². The first kappa shape index (κ1) is 25.0. The highest BCUT2D eigenvalue weighted by molar-refractivity contribution is 7.99. The fraction of sp³-hybridized carbons (Fsp3) is 0.200. The second kappa shape index (κ2) is 11.5. The molecule has 10 heteroatoms. The summed E-state index contributed by atoms with van der Waals surface area (Å²) in [5, 5.41) is 15.1. The summed E-state index contributed by atoms with van der Waals surface area (Å²) in [5.74, 6) is 0.108. The first-order valence-corrected chi connectivity index (χ1v) is 13.2. The SMILES string of the molecule is CCOC(=O)c1c(-c2ccccc2)csc1NC(=O)CSc1nnc(-c2ccc(Cl)cc2)n1CC. The van der Waals surface area contributed by atoms with Crippen molar-refractivity contribution in [3.63, 3.8) is 0 Å². The van der Waals surface area contributed by atoms with Crippen LogP contribution in [0.5, 0.6) is 0 Å². The molecule has 0 aliphatic carbocycles. The maximum atomic E-state index is 12.8. The number of hydrogen-bond donors (Lipinski definition) is 1. The lowest BCUT2D eigenvalue weighted by molar-refractivity contribution is -0.113. The number of nitrogens with one attached hydrogen (secondary N) is 1. The van der Waals surface area contributed by atoms with Crippen LogP contribution in [-0.2, 0) is 16.1 Å². The van der Waals surface area contributed by atoms with E-state index in [4.69, 9.17) is 16.3 Å². The summed E-state index contributed by atoms with van der Waals surface area (Å²) < 4.78 is 7.21. The molecule has 1 amide bonds. The van der Waals surface area contributed by atoms with Crippen LogP contribution in [0.2, 0.25) is 5.02 Å². The number of carbonyl (C=O) groups excluding carboxylic acids is 2. The lowest BCUT2D eigenvalue weighted by Gasteiger charge is -2.09. The number of esters is 1. The summed E-state index contributed by atoms with van der Waals surface area (Å²) in [6, 6.07) is 16.9. The van der Waals surface area contributed by atoms with Gasteiger partial charge in [-0.15, -0.1) is 21.5 Å². The van der Waals surface area contributed by atoms with Gasteiger partial charge in [-0.3, -0.25) is 4.79 Å². The van der Waals surface area contributed by atoms with Crippen molar-refractivity contribution in [2.75, 3.05) is 17.7 Å². The Hall–Kier alpha value is -3.14. The van der Waals surface area contributed by atoms with Crippen molar-refractivity contribution >= 4 is 51.6 Å². The molecular weight excluding hydrogens is 504 g/mol. The smallest absolute Gasteiger partial charge is 0.341 e. The molecule has 0 fully saturated rings. The van der Waals surface area contributed by atoms with E-state index < -0.39 is 5.97 Å². The summed E-state index contributed by atoms with van der Waals surface area (Å²) in [7, 11) is 0. The van der Waals surface area contributed by atoms with Crippen LogP contribution in [0.15, 0.2) is 65.1 Å². The van der Waals surface area contributed by atoms with E-state index in [1.165, 1.54) is 23.1 Å². The molecule has 0 saturated carbocycles. The van der Waals surface area contributed by atoms with Gasteiger partial charge in [0.25, 0.3) is 0 Å². The third kappa shape index (κ3) is 5.75. The Morgan fingerprint density at radius 1 is 1.06 bits per heavy atom. The number of nitrogens with zero attached hydrogens (tertiary/aromatic N) is 3. The molecule has 0 aliphatic rings. The topological polar surface area (TPSA) is 86.1 Å². The molecule has 2 heterocycles. The van der Waals surface area contributed by atoms with E-state index in [9.17, 15) is 9.59 Å². The zero-order valence-corrected chi connectivity index (χ0v) is 21.5. The van der Waals surface area contributed by atoms with Gasteiger partial charge in [0.05, 0.1) is 12.4 Å². The van der Waals surface area contributed by atoms with E-state index >= 15 is 0 Å². The molecule has 2 aromatic heterocycles. The standard InChI is InChI=1S/C25H23ClN4O3S2/c1-3-30-22(17-10-12-18(26)13-11-17)28-29-25(30)35-15-20(31)27-23-21(24(32)33-4-2)19(14-34-23)16-8-6-5-7-9-16/h5-14H,3-4,15H2,1-2H3,(H,27,31). The number of ether oxygens (including phenoxy) is 1. The average Bonchev–Trinajstić information content (AvgIpc) is 3.48. The first-order chi connectivity index (χ1) is 17.0. The summed E-state index contributed by atoms with van der Waals surface area (Å²) in [6.07, 6.45) is 0. The number of benzene rings is 2. The molecule has 2 aromatic carbocycles. The fourth-order valence-electron chi connectivity index (χ4n) is 3.47. The third-order valence-corrected chi connectivity index (χ3v) is 7.19. The van der Waals surface area contributed by atoms with E-state index in [0.29, 0.717) is 33.1 Å². The molecule has 0 aliphatic heterocycles. The molecule has 7 nitrogen and oxygen atoms in total. The molecule has 180 valence electrons. The van der Waals surface area contributed by atoms with Crippen molar-refractivity contribution in [1.82, 2.24) is 14.8 Å². The predicted molar refractivity (Wildman–Crippen MR) is 141 cm³/mol. The Labute approximate surface area is 216 Å². The van der Waals surface area contributed by atoms with Gasteiger partial charge in [-0.05, 0) is 43.7 Å². The lowest BCUT2D eigenvalue weighted by Crippen LogP contribution is -2.16. The van der Waals surface area contributed by atoms with Crippen molar-refractivity contribution in [1.29, 1.82) is 0 Å². The number of rotatable bonds is 9. The number of thioether (sulfide) groups is 1. The molecule has 35 heavy (non-hydrogen) atoms. The van der Waals surface area contributed by atoms with Crippen LogP contribution in [0.4, 0.5) is 5.00 Å². The Morgan fingerprint density at radius 2 is 1.80 bits per heavy atom. The van der Waals surface area contributed by atoms with Crippen LogP contribution in [0.25, 0.3) is 22.5 Å². The first-order valence-electron chi connectivity index (χ1n) is 11.0. The number of anilines is 1. The Morgan fingerprint density at radius 3 is 2.49 bits per heavy atom. The van der Waals surface area contributed by atoms with Crippen LogP contribution in [-0.4, -0.2) is 39.0 Å². The number of hydrogen-bond acceptors (Lipinski definition) is 7. The van der Waals surface area contributed by atoms with Gasteiger partial charge < -0.3 is 14.6 Å². The average molecular weight is 527 g/mol. The zero-order chi connectivity index (χ0) is 24.8. The highest BCUT2D eigenvalue weighted by Crippen LogP contribution is 2.36. The second-order valence-corrected chi connectivity index (χ2v) is 9.59. The molecule has 0 spiro atoms. The molecule has 0 radical (unpaired) electrons. The Bertz CT molecular complexity index is 1320. The highest BCUT2D eigenvalue weighted by Gasteiger charge is 2.23. The number of amides is 1. The predicted octanol–water partition coefficient (Wildman–Crippen LogP) is 6.25. The molecule has 0 unspecified atom stereocenters. The molecule has 0 saturated heterocycles. The van der Waals surface area contributed by atoms with Crippen LogP contribution < -0.4 is 5.32 Å². The van der Waals surface area contributed by atoms with Crippen molar-refractivity contribution < 1.29 is 14.3 Å². The summed E-state index contributed by atoms with van der Waals surface area (Å²) in [5.41, 5.74) is 2.87. The second-order valence-electron chi connectivity index (χ2n) is 7.33. The quantitative estimate of drug-likeness (QED) is 0.205. The lowest BCUT2D eigenvalue weighted by atomic mass is 10.0. The van der Waals surface area contributed by atoms with Gasteiger partial charge in [-0.1, -0.05) is 53.7 Å². The maximum Gasteiger partial charge on any atom is 0.341 e. The molecule has 4 rings (SSSR count). The van der Waals surface area contributed by atoms with E-state index in [1.807, 2.05) is 59.3 Å². The normalized spacial score (nSPS) is 10.8. The van der Waals surface area contributed by atoms with Gasteiger partial charge in [0.2, 0.25) is 5.91 Å². The molecule has 0 atom stereocenters. The molecular formula is C25H23ClN4O3S2. The maximum absolute atomic E-state index is 12.8. The Kier molecular flexibility index (Phi) is 8.22. The van der Waals surface area contributed by atoms with E-state index in [0.717, 1.165) is 16.7 Å². The van der Waals surface area contributed by atoms with E-state index in [1.54, 1.807) is 19.1 Å². The fourth-order valence-corrected chi connectivity index (χ4v) is 5.37. The summed E-state index contributed by atoms with van der Waals surface area (Å²) >= 11 is 8.58. The largest absolute Gasteiger partial charge is 0.462 e. The highest BCUT2D eigenvalue weighted by atomic mass is 35.5. The minimum Gasteiger partial charge on any atom is -0.462 e. The van der Waals surface area contributed by atoms with Gasteiger partial charge in [0, 0.05) is 28.1 Å². The van der Waals surface area contributed by atoms with Crippen molar-refractivity contribution in [2.24, 2.45) is 0 Å². The van der Waals surface area contributed by atoms with Gasteiger partial charge in [0.15, 0.2) is 11.0 Å². The molecule has 1 N–H and O–H groups in total. The third-order valence-electron chi connectivity index (χ3n) is 5.08. The van der Waals surface area contributed by atoms with Gasteiger partial charge in [-0.25, -0.2) is 4.79 Å². The minimum absolute atomic E-state index is 0.111. The Balaban J connectivity index is 1.50.